The molecule has 1 aromatic heterocycles. The van der Waals surface area contributed by atoms with Crippen LogP contribution in [0.4, 0.5) is 0 Å². The normalized spacial score (nSPS) is 19.0. The van der Waals surface area contributed by atoms with Gasteiger partial charge in [0, 0.05) is 18.5 Å². The monoisotopic (exact) mass is 585 g/mol. The van der Waals surface area contributed by atoms with Crippen LogP contribution < -0.4 is 10.6 Å². The Balaban J connectivity index is 1.46. The van der Waals surface area contributed by atoms with Gasteiger partial charge in [-0.05, 0) is 49.4 Å². The molecule has 11 nitrogen and oxygen atoms in total. The van der Waals surface area contributed by atoms with Crippen molar-refractivity contribution in [3.8, 4) is 0 Å². The van der Waals surface area contributed by atoms with E-state index in [4.69, 9.17) is 9.15 Å². The first-order valence-corrected chi connectivity index (χ1v) is 14.9. The summed E-state index contributed by atoms with van der Waals surface area (Å²) >= 11 is 0. The van der Waals surface area contributed by atoms with Gasteiger partial charge in [0.2, 0.25) is 15.9 Å². The molecule has 1 aliphatic heterocycles. The highest BCUT2D eigenvalue weighted by atomic mass is 32.2. The van der Waals surface area contributed by atoms with Crippen LogP contribution in [0.15, 0.2) is 63.9 Å². The van der Waals surface area contributed by atoms with E-state index >= 15 is 0 Å². The van der Waals surface area contributed by atoms with Crippen LogP contribution in [0.25, 0.3) is 11.0 Å². The number of carbonyl (C=O) groups is 3. The van der Waals surface area contributed by atoms with E-state index < -0.39 is 46.0 Å². The van der Waals surface area contributed by atoms with Gasteiger partial charge in [-0.25, -0.2) is 13.2 Å². The molecule has 1 saturated heterocycles. The Bertz CT molecular complexity index is 1480. The number of furan rings is 1. The SMILES string of the molecule is COC(=O)c1ccccc1S(=O)(=O)N1CCCC(NC(=O)[C@H](CC(C)C)NC(=O)c2cc3ccccc3o2)C(O)C1. The molecule has 12 heteroatoms. The standard InChI is InChI=1S/C29H35N3O8S/c1-18(2)15-22(31-28(35)25-16-19-9-4-6-12-24(19)40-25)27(34)30-21-11-8-14-32(17-23(21)33)41(37,38)26-13-7-5-10-20(26)29(36)39-3/h4-7,9-10,12-13,16,18,21-23,33H,8,11,14-15,17H2,1-3H3,(H,30,34)(H,31,35)/t21?,22-,23?/m0/s1. The maximum absolute atomic E-state index is 13.5. The van der Waals surface area contributed by atoms with Gasteiger partial charge in [-0.15, -0.1) is 0 Å². The molecule has 2 amide bonds. The lowest BCUT2D eigenvalue weighted by Gasteiger charge is -2.27. The van der Waals surface area contributed by atoms with Crippen LogP contribution in [-0.4, -0.2) is 74.0 Å². The number of benzene rings is 2. The van der Waals surface area contributed by atoms with Crippen LogP contribution in [-0.2, 0) is 19.6 Å². The number of nitrogens with one attached hydrogen (secondary N) is 2. The number of fused-ring (bicyclic) bond motifs is 1. The Kier molecular flexibility index (Phi) is 9.46. The van der Waals surface area contributed by atoms with Crippen LogP contribution in [0.3, 0.4) is 0 Å². The van der Waals surface area contributed by atoms with Crippen LogP contribution in [0.2, 0.25) is 0 Å². The highest BCUT2D eigenvalue weighted by Crippen LogP contribution is 2.25. The summed E-state index contributed by atoms with van der Waals surface area (Å²) in [6.07, 6.45) is -0.233. The number of para-hydroxylation sites is 1. The highest BCUT2D eigenvalue weighted by Gasteiger charge is 2.36. The second-order valence-corrected chi connectivity index (χ2v) is 12.4. The number of aliphatic hydroxyl groups is 1. The van der Waals surface area contributed by atoms with Crippen LogP contribution in [0.1, 0.15) is 54.0 Å². The molecule has 3 aromatic rings. The van der Waals surface area contributed by atoms with E-state index in [-0.39, 0.29) is 35.2 Å². The van der Waals surface area contributed by atoms with E-state index in [9.17, 15) is 27.9 Å². The van der Waals surface area contributed by atoms with Crippen molar-refractivity contribution in [1.82, 2.24) is 14.9 Å². The molecule has 0 saturated carbocycles. The molecule has 2 heterocycles. The van der Waals surface area contributed by atoms with Crippen molar-refractivity contribution in [1.29, 1.82) is 0 Å². The largest absolute Gasteiger partial charge is 0.465 e. The summed E-state index contributed by atoms with van der Waals surface area (Å²) in [7, 11) is -2.99. The number of esters is 1. The lowest BCUT2D eigenvalue weighted by Crippen LogP contribution is -2.54. The highest BCUT2D eigenvalue weighted by molar-refractivity contribution is 7.89. The molecule has 0 bridgehead atoms. The number of nitrogens with zero attached hydrogens (tertiary/aromatic N) is 1. The smallest absolute Gasteiger partial charge is 0.339 e. The number of hydrogen-bond acceptors (Lipinski definition) is 8. The van der Waals surface area contributed by atoms with E-state index in [0.717, 1.165) is 9.69 Å². The van der Waals surface area contributed by atoms with E-state index in [1.165, 1.54) is 31.4 Å². The quantitative estimate of drug-likeness (QED) is 0.324. The number of amides is 2. The zero-order chi connectivity index (χ0) is 29.7. The number of rotatable bonds is 9. The number of aliphatic hydroxyl groups excluding tert-OH is 1. The van der Waals surface area contributed by atoms with E-state index in [1.807, 2.05) is 26.0 Å². The molecule has 2 unspecified atom stereocenters. The summed E-state index contributed by atoms with van der Waals surface area (Å²) in [4.78, 5) is 38.3. The summed E-state index contributed by atoms with van der Waals surface area (Å²) in [5, 5.41) is 17.3. The van der Waals surface area contributed by atoms with Crippen molar-refractivity contribution in [3.05, 3.63) is 65.9 Å². The average Bonchev–Trinajstić information content (AvgIpc) is 3.30. The van der Waals surface area contributed by atoms with Gasteiger partial charge in [0.15, 0.2) is 5.76 Å². The molecule has 1 aliphatic rings. The van der Waals surface area contributed by atoms with Gasteiger partial charge >= 0.3 is 5.97 Å². The maximum Gasteiger partial charge on any atom is 0.339 e. The summed E-state index contributed by atoms with van der Waals surface area (Å²) in [6.45, 7) is 3.63. The first-order valence-electron chi connectivity index (χ1n) is 13.5. The summed E-state index contributed by atoms with van der Waals surface area (Å²) in [5.41, 5.74) is 0.452. The summed E-state index contributed by atoms with van der Waals surface area (Å²) < 4.78 is 38.4. The van der Waals surface area contributed by atoms with Gasteiger partial charge in [0.1, 0.15) is 11.6 Å². The number of sulfonamides is 1. The van der Waals surface area contributed by atoms with Gasteiger partial charge < -0.3 is 24.9 Å². The predicted molar refractivity (Wildman–Crippen MR) is 151 cm³/mol. The topological polar surface area (TPSA) is 155 Å². The van der Waals surface area contributed by atoms with Crippen molar-refractivity contribution in [3.63, 3.8) is 0 Å². The fourth-order valence-corrected chi connectivity index (χ4v) is 6.59. The van der Waals surface area contributed by atoms with Crippen molar-refractivity contribution in [2.75, 3.05) is 20.2 Å². The molecule has 3 N–H and O–H groups in total. The molecular formula is C29H35N3O8S. The molecule has 220 valence electrons. The second-order valence-electron chi connectivity index (χ2n) is 10.5. The molecule has 0 radical (unpaired) electrons. The zero-order valence-electron chi connectivity index (χ0n) is 23.2. The van der Waals surface area contributed by atoms with Crippen molar-refractivity contribution in [2.45, 2.75) is 56.2 Å². The average molecular weight is 586 g/mol. The van der Waals surface area contributed by atoms with Crippen LogP contribution in [0.5, 0.6) is 0 Å². The predicted octanol–water partition coefficient (Wildman–Crippen LogP) is 2.69. The van der Waals surface area contributed by atoms with Crippen molar-refractivity contribution in [2.24, 2.45) is 5.92 Å². The van der Waals surface area contributed by atoms with Crippen LogP contribution >= 0.6 is 0 Å². The number of ether oxygens (including phenoxy) is 1. The second kappa shape index (κ2) is 12.8. The third-order valence-corrected chi connectivity index (χ3v) is 8.92. The van der Waals surface area contributed by atoms with E-state index in [0.29, 0.717) is 24.8 Å². The lowest BCUT2D eigenvalue weighted by molar-refractivity contribution is -0.125. The first kappa shape index (κ1) is 30.2. The van der Waals surface area contributed by atoms with E-state index in [1.54, 1.807) is 18.2 Å². The minimum Gasteiger partial charge on any atom is -0.465 e. The van der Waals surface area contributed by atoms with Gasteiger partial charge in [0.05, 0.1) is 29.7 Å². The Morgan fingerprint density at radius 2 is 1.83 bits per heavy atom. The molecule has 0 aliphatic carbocycles. The summed E-state index contributed by atoms with van der Waals surface area (Å²) in [6, 6.07) is 12.9. The van der Waals surface area contributed by atoms with Gasteiger partial charge in [-0.1, -0.05) is 44.2 Å². The summed E-state index contributed by atoms with van der Waals surface area (Å²) in [5.74, 6) is -1.67. The number of carbonyl (C=O) groups excluding carboxylic acids is 3. The van der Waals surface area contributed by atoms with Crippen LogP contribution in [0, 0.1) is 5.92 Å². The van der Waals surface area contributed by atoms with Crippen molar-refractivity contribution >= 4 is 38.8 Å². The zero-order valence-corrected chi connectivity index (χ0v) is 24.0. The number of β-amino-alcohol motifs (C(OH)–C–C–N with tert-alkyl or cyclic N) is 1. The Labute approximate surface area is 238 Å². The number of hydrogen-bond donors (Lipinski definition) is 3. The fraction of sp³-hybridized carbons (Fsp3) is 0.414. The molecule has 2 aromatic carbocycles. The van der Waals surface area contributed by atoms with E-state index in [2.05, 4.69) is 10.6 Å². The van der Waals surface area contributed by atoms with Crippen molar-refractivity contribution < 1.29 is 37.1 Å². The minimum absolute atomic E-state index is 0.0660. The molecule has 0 spiro atoms. The molecular weight excluding hydrogens is 550 g/mol. The fourth-order valence-electron chi connectivity index (χ4n) is 4.91. The van der Waals surface area contributed by atoms with Gasteiger partial charge in [-0.2, -0.15) is 4.31 Å². The first-order chi connectivity index (χ1) is 19.5. The Morgan fingerprint density at radius 1 is 1.12 bits per heavy atom. The maximum atomic E-state index is 13.5. The Hall–Kier alpha value is -3.74. The molecule has 41 heavy (non-hydrogen) atoms. The molecule has 3 atom stereocenters. The third kappa shape index (κ3) is 6.95. The minimum atomic E-state index is -4.15. The number of methoxy groups -OCH3 is 1. The molecule has 1 fully saturated rings. The van der Waals surface area contributed by atoms with Gasteiger partial charge in [-0.3, -0.25) is 9.59 Å². The lowest BCUT2D eigenvalue weighted by atomic mass is 10.0. The third-order valence-electron chi connectivity index (χ3n) is 6.99. The molecule has 4 rings (SSSR count). The Morgan fingerprint density at radius 3 is 2.54 bits per heavy atom. The van der Waals surface area contributed by atoms with Gasteiger partial charge in [0.25, 0.3) is 5.91 Å².